The minimum atomic E-state index is 0.339. The summed E-state index contributed by atoms with van der Waals surface area (Å²) in [6, 6.07) is 0.845. The Hall–Kier alpha value is -1.01. The number of piperazine rings is 1. The van der Waals surface area contributed by atoms with E-state index >= 15 is 0 Å². The highest BCUT2D eigenvalue weighted by Gasteiger charge is 2.33. The summed E-state index contributed by atoms with van der Waals surface area (Å²) >= 11 is 0. The van der Waals surface area contributed by atoms with Crippen LogP contribution in [0.1, 0.15) is 70.8 Å². The second-order valence-corrected chi connectivity index (χ2v) is 7.43. The monoisotopic (exact) mass is 320 g/mol. The molecule has 0 amide bonds. The molecular formula is C17H32N6. The Balaban J connectivity index is 1.78. The highest BCUT2D eigenvalue weighted by molar-refractivity contribution is 4.98. The van der Waals surface area contributed by atoms with Crippen LogP contribution in [-0.2, 0) is 0 Å². The van der Waals surface area contributed by atoms with Crippen molar-refractivity contribution in [2.75, 3.05) is 32.7 Å². The summed E-state index contributed by atoms with van der Waals surface area (Å²) in [4.78, 5) is 5.12. The van der Waals surface area contributed by atoms with E-state index < -0.39 is 0 Å². The van der Waals surface area contributed by atoms with Gasteiger partial charge in [-0.25, -0.2) is 4.68 Å². The standard InChI is InChI=1S/C17H32N6/c1-4-21-10-12-22(13-11-21)16(14(2)3)17-18-19-20-23(17)15-8-6-5-7-9-15/h14-16H,4-13H2,1-3H3. The molecule has 1 unspecified atom stereocenters. The fourth-order valence-corrected chi connectivity index (χ4v) is 4.22. The third-order valence-electron chi connectivity index (χ3n) is 5.58. The molecule has 130 valence electrons. The van der Waals surface area contributed by atoms with E-state index in [-0.39, 0.29) is 0 Å². The largest absolute Gasteiger partial charge is 0.301 e. The Kier molecular flexibility index (Phi) is 5.64. The minimum absolute atomic E-state index is 0.339. The maximum atomic E-state index is 4.47. The summed E-state index contributed by atoms with van der Waals surface area (Å²) < 4.78 is 2.16. The molecule has 0 N–H and O–H groups in total. The van der Waals surface area contributed by atoms with Crippen LogP contribution in [0.15, 0.2) is 0 Å². The zero-order valence-electron chi connectivity index (χ0n) is 15.0. The Labute approximate surface area is 140 Å². The minimum Gasteiger partial charge on any atom is -0.301 e. The molecule has 2 heterocycles. The molecule has 1 atom stereocenters. The molecule has 1 saturated carbocycles. The number of nitrogens with zero attached hydrogens (tertiary/aromatic N) is 6. The lowest BCUT2D eigenvalue weighted by Crippen LogP contribution is -2.49. The van der Waals surface area contributed by atoms with Gasteiger partial charge < -0.3 is 4.90 Å². The van der Waals surface area contributed by atoms with Crippen LogP contribution >= 0.6 is 0 Å². The molecule has 1 aliphatic carbocycles. The van der Waals surface area contributed by atoms with Gasteiger partial charge in [-0.1, -0.05) is 40.0 Å². The van der Waals surface area contributed by atoms with E-state index in [0.29, 0.717) is 18.0 Å². The van der Waals surface area contributed by atoms with Crippen molar-refractivity contribution in [2.45, 2.75) is 65.0 Å². The van der Waals surface area contributed by atoms with E-state index in [4.69, 9.17) is 0 Å². The molecule has 3 rings (SSSR count). The molecule has 2 fully saturated rings. The van der Waals surface area contributed by atoms with Gasteiger partial charge in [0.1, 0.15) is 0 Å². The first-order chi connectivity index (χ1) is 11.2. The lowest BCUT2D eigenvalue weighted by Gasteiger charge is -2.40. The van der Waals surface area contributed by atoms with Crippen LogP contribution < -0.4 is 0 Å². The third kappa shape index (κ3) is 3.74. The van der Waals surface area contributed by atoms with E-state index in [1.807, 2.05) is 0 Å². The van der Waals surface area contributed by atoms with Gasteiger partial charge in [0.2, 0.25) is 0 Å². The van der Waals surface area contributed by atoms with Crippen LogP contribution in [0.4, 0.5) is 0 Å². The number of hydrogen-bond donors (Lipinski definition) is 0. The second kappa shape index (κ2) is 7.71. The number of aromatic nitrogens is 4. The van der Waals surface area contributed by atoms with E-state index in [0.717, 1.165) is 38.5 Å². The molecule has 1 aromatic heterocycles. The van der Waals surface area contributed by atoms with Crippen molar-refractivity contribution in [1.29, 1.82) is 0 Å². The van der Waals surface area contributed by atoms with E-state index in [1.54, 1.807) is 0 Å². The average Bonchev–Trinajstić information content (AvgIpc) is 3.05. The van der Waals surface area contributed by atoms with Gasteiger partial charge in [-0.05, 0) is 35.7 Å². The van der Waals surface area contributed by atoms with Crippen LogP contribution in [0.3, 0.4) is 0 Å². The first-order valence-electron chi connectivity index (χ1n) is 9.45. The van der Waals surface area contributed by atoms with Gasteiger partial charge in [-0.2, -0.15) is 0 Å². The molecular weight excluding hydrogens is 288 g/mol. The van der Waals surface area contributed by atoms with Crippen LogP contribution in [-0.4, -0.2) is 62.7 Å². The first kappa shape index (κ1) is 16.8. The summed E-state index contributed by atoms with van der Waals surface area (Å²) in [7, 11) is 0. The van der Waals surface area contributed by atoms with Crippen molar-refractivity contribution >= 4 is 0 Å². The molecule has 0 aromatic carbocycles. The summed E-state index contributed by atoms with van der Waals surface area (Å²) in [6.45, 7) is 12.6. The highest BCUT2D eigenvalue weighted by Crippen LogP contribution is 2.33. The lowest BCUT2D eigenvalue weighted by atomic mass is 9.94. The Morgan fingerprint density at radius 1 is 1.04 bits per heavy atom. The lowest BCUT2D eigenvalue weighted by molar-refractivity contribution is 0.0703. The van der Waals surface area contributed by atoms with E-state index in [9.17, 15) is 0 Å². The Morgan fingerprint density at radius 3 is 2.35 bits per heavy atom. The normalized spacial score (nSPS) is 23.5. The van der Waals surface area contributed by atoms with Crippen molar-refractivity contribution in [3.63, 3.8) is 0 Å². The van der Waals surface area contributed by atoms with Gasteiger partial charge in [0.25, 0.3) is 0 Å². The maximum absolute atomic E-state index is 4.47. The molecule has 0 bridgehead atoms. The smallest absolute Gasteiger partial charge is 0.168 e. The predicted molar refractivity (Wildman–Crippen MR) is 91.2 cm³/mol. The third-order valence-corrected chi connectivity index (χ3v) is 5.58. The Bertz CT molecular complexity index is 471. The molecule has 0 radical (unpaired) electrons. The molecule has 1 aromatic rings. The summed E-state index contributed by atoms with van der Waals surface area (Å²) in [5.74, 6) is 1.62. The molecule has 2 aliphatic rings. The molecule has 6 heteroatoms. The van der Waals surface area contributed by atoms with Crippen molar-refractivity contribution in [1.82, 2.24) is 30.0 Å². The van der Waals surface area contributed by atoms with Crippen LogP contribution in [0, 0.1) is 5.92 Å². The molecule has 1 aliphatic heterocycles. The SMILES string of the molecule is CCN1CCN(C(c2nnnn2C2CCCCC2)C(C)C)CC1. The van der Waals surface area contributed by atoms with E-state index in [1.165, 1.54) is 32.1 Å². The number of likely N-dealkylation sites (N-methyl/N-ethyl adjacent to an activating group) is 1. The van der Waals surface area contributed by atoms with Crippen LogP contribution in [0.2, 0.25) is 0 Å². The topological polar surface area (TPSA) is 50.1 Å². The summed E-state index contributed by atoms with van der Waals surface area (Å²) in [5, 5.41) is 12.9. The van der Waals surface area contributed by atoms with Crippen LogP contribution in [0.5, 0.6) is 0 Å². The van der Waals surface area contributed by atoms with Gasteiger partial charge in [0.15, 0.2) is 5.82 Å². The summed E-state index contributed by atoms with van der Waals surface area (Å²) in [6.07, 6.45) is 6.44. The van der Waals surface area contributed by atoms with Gasteiger partial charge in [-0.15, -0.1) is 5.10 Å². The fourth-order valence-electron chi connectivity index (χ4n) is 4.22. The van der Waals surface area contributed by atoms with Gasteiger partial charge in [0, 0.05) is 26.2 Å². The maximum Gasteiger partial charge on any atom is 0.168 e. The van der Waals surface area contributed by atoms with Gasteiger partial charge in [-0.3, -0.25) is 4.90 Å². The predicted octanol–water partition coefficient (Wildman–Crippen LogP) is 2.51. The Morgan fingerprint density at radius 2 is 1.74 bits per heavy atom. The number of hydrogen-bond acceptors (Lipinski definition) is 5. The van der Waals surface area contributed by atoms with Crippen molar-refractivity contribution in [3.8, 4) is 0 Å². The van der Waals surface area contributed by atoms with Gasteiger partial charge in [0.05, 0.1) is 12.1 Å². The second-order valence-electron chi connectivity index (χ2n) is 7.43. The fraction of sp³-hybridized carbons (Fsp3) is 0.941. The van der Waals surface area contributed by atoms with Gasteiger partial charge >= 0.3 is 0 Å². The zero-order valence-corrected chi connectivity index (χ0v) is 15.0. The van der Waals surface area contributed by atoms with Crippen molar-refractivity contribution in [3.05, 3.63) is 5.82 Å². The number of rotatable bonds is 5. The quantitative estimate of drug-likeness (QED) is 0.834. The molecule has 0 spiro atoms. The molecule has 6 nitrogen and oxygen atoms in total. The molecule has 1 saturated heterocycles. The van der Waals surface area contributed by atoms with E-state index in [2.05, 4.69) is 50.8 Å². The zero-order chi connectivity index (χ0) is 16.2. The average molecular weight is 320 g/mol. The first-order valence-corrected chi connectivity index (χ1v) is 9.45. The van der Waals surface area contributed by atoms with Crippen molar-refractivity contribution in [2.24, 2.45) is 5.92 Å². The summed E-state index contributed by atoms with van der Waals surface area (Å²) in [5.41, 5.74) is 0. The van der Waals surface area contributed by atoms with Crippen LogP contribution in [0.25, 0.3) is 0 Å². The molecule has 23 heavy (non-hydrogen) atoms. The number of tetrazole rings is 1. The van der Waals surface area contributed by atoms with Crippen molar-refractivity contribution < 1.29 is 0 Å². The highest BCUT2D eigenvalue weighted by atomic mass is 15.6.